The fourth-order valence-electron chi connectivity index (χ4n) is 1.54. The van der Waals surface area contributed by atoms with E-state index in [-0.39, 0.29) is 6.07 Å². The lowest BCUT2D eigenvalue weighted by atomic mass is 9.92. The van der Waals surface area contributed by atoms with Crippen LogP contribution in [0.15, 0.2) is 12.1 Å². The lowest BCUT2D eigenvalue weighted by molar-refractivity contribution is -0.348. The molecule has 0 unspecified atom stereocenters. The lowest BCUT2D eigenvalue weighted by Gasteiger charge is -2.31. The SMILES string of the molecule is Nc1c(Cl)cc(C(F)(C(F)(F)F)C(F)(F)F)cc1C(F)(F)F. The predicted octanol–water partition coefficient (Wildman–Crippen LogP) is 5.23. The van der Waals surface area contributed by atoms with Crippen molar-refractivity contribution >= 4 is 17.3 Å². The van der Waals surface area contributed by atoms with Crippen LogP contribution in [-0.2, 0) is 11.8 Å². The average molecular weight is 364 g/mol. The number of hydrogen-bond donors (Lipinski definition) is 1. The van der Waals surface area contributed by atoms with E-state index in [0.717, 1.165) is 0 Å². The van der Waals surface area contributed by atoms with Gasteiger partial charge in [0.05, 0.1) is 16.3 Å². The summed E-state index contributed by atoms with van der Waals surface area (Å²) < 4.78 is 126. The molecule has 0 saturated heterocycles. The van der Waals surface area contributed by atoms with Gasteiger partial charge in [-0.05, 0) is 12.1 Å². The zero-order chi connectivity index (χ0) is 17.7. The summed E-state index contributed by atoms with van der Waals surface area (Å²) in [4.78, 5) is 0. The molecule has 1 aromatic carbocycles. The zero-order valence-electron chi connectivity index (χ0n) is 9.89. The maximum absolute atomic E-state index is 13.7. The van der Waals surface area contributed by atoms with Crippen molar-refractivity contribution < 1.29 is 43.9 Å². The van der Waals surface area contributed by atoms with Crippen molar-refractivity contribution in [3.8, 4) is 0 Å². The van der Waals surface area contributed by atoms with Crippen molar-refractivity contribution in [3.63, 3.8) is 0 Å². The van der Waals surface area contributed by atoms with E-state index in [1.54, 1.807) is 0 Å². The minimum Gasteiger partial charge on any atom is -0.397 e. The van der Waals surface area contributed by atoms with E-state index >= 15 is 0 Å². The van der Waals surface area contributed by atoms with Gasteiger partial charge in [-0.1, -0.05) is 11.6 Å². The Kier molecular flexibility index (Phi) is 4.30. The first-order valence-electron chi connectivity index (χ1n) is 5.02. The number of rotatable bonds is 1. The van der Waals surface area contributed by atoms with Gasteiger partial charge in [0.2, 0.25) is 0 Å². The van der Waals surface area contributed by atoms with Gasteiger partial charge in [0.25, 0.3) is 0 Å². The van der Waals surface area contributed by atoms with E-state index in [2.05, 4.69) is 0 Å². The highest BCUT2D eigenvalue weighted by Crippen LogP contribution is 2.54. The van der Waals surface area contributed by atoms with Crippen LogP contribution in [0.1, 0.15) is 11.1 Å². The van der Waals surface area contributed by atoms with Crippen LogP contribution in [0, 0.1) is 0 Å². The van der Waals surface area contributed by atoms with Crippen molar-refractivity contribution in [2.45, 2.75) is 24.2 Å². The van der Waals surface area contributed by atoms with Gasteiger partial charge in [0, 0.05) is 5.56 Å². The number of benzene rings is 1. The standard InChI is InChI=1S/C10H4ClF10N/c11-5-2-3(1-4(6(5)22)8(13,14)15)7(12,9(16,17)18)10(19,20)21/h1-2H,22H2. The molecule has 0 aromatic heterocycles. The highest BCUT2D eigenvalue weighted by atomic mass is 35.5. The molecule has 0 bridgehead atoms. The van der Waals surface area contributed by atoms with Crippen molar-refractivity contribution in [3.05, 3.63) is 28.3 Å². The minimum absolute atomic E-state index is 0.243. The molecule has 0 atom stereocenters. The summed E-state index contributed by atoms with van der Waals surface area (Å²) >= 11 is 5.10. The van der Waals surface area contributed by atoms with Crippen LogP contribution in [0.2, 0.25) is 5.02 Å². The third-order valence-corrected chi connectivity index (χ3v) is 2.93. The summed E-state index contributed by atoms with van der Waals surface area (Å²) in [7, 11) is 0. The van der Waals surface area contributed by atoms with Gasteiger partial charge in [0.15, 0.2) is 0 Å². The molecule has 0 radical (unpaired) electrons. The molecule has 0 amide bonds. The Labute approximate surface area is 120 Å². The maximum atomic E-state index is 13.7. The molecule has 1 rings (SSSR count). The molecular weight excluding hydrogens is 360 g/mol. The summed E-state index contributed by atoms with van der Waals surface area (Å²) in [6.45, 7) is 0. The van der Waals surface area contributed by atoms with Gasteiger partial charge in [0.1, 0.15) is 0 Å². The van der Waals surface area contributed by atoms with E-state index < -0.39 is 52.1 Å². The molecule has 2 N–H and O–H groups in total. The molecule has 0 aliphatic heterocycles. The molecule has 12 heteroatoms. The average Bonchev–Trinajstić information content (AvgIpc) is 2.26. The highest BCUT2D eigenvalue weighted by molar-refractivity contribution is 6.33. The topological polar surface area (TPSA) is 26.0 Å². The Bertz CT molecular complexity index is 557. The highest BCUT2D eigenvalue weighted by Gasteiger charge is 2.73. The number of halogens is 11. The van der Waals surface area contributed by atoms with E-state index in [4.69, 9.17) is 17.3 Å². The third kappa shape index (κ3) is 2.90. The fraction of sp³-hybridized carbons (Fsp3) is 0.400. The Morgan fingerprint density at radius 3 is 1.50 bits per heavy atom. The quantitative estimate of drug-likeness (QED) is 0.536. The normalized spacial score (nSPS) is 14.3. The van der Waals surface area contributed by atoms with Crippen LogP contribution in [0.4, 0.5) is 49.6 Å². The number of alkyl halides is 10. The summed E-state index contributed by atoms with van der Waals surface area (Å²) in [6, 6.07) is -0.907. The summed E-state index contributed by atoms with van der Waals surface area (Å²) in [5.74, 6) is 0. The van der Waals surface area contributed by atoms with Crippen LogP contribution >= 0.6 is 11.6 Å². The van der Waals surface area contributed by atoms with E-state index in [0.29, 0.717) is 0 Å². The fourth-order valence-corrected chi connectivity index (χ4v) is 1.76. The molecule has 0 aliphatic rings. The Hall–Kier alpha value is -1.39. The van der Waals surface area contributed by atoms with Crippen molar-refractivity contribution in [1.82, 2.24) is 0 Å². The summed E-state index contributed by atoms with van der Waals surface area (Å²) in [5.41, 5.74) is -6.95. The molecule has 126 valence electrons. The Morgan fingerprint density at radius 1 is 0.773 bits per heavy atom. The summed E-state index contributed by atoms with van der Waals surface area (Å²) in [6.07, 6.45) is -18.6. The molecule has 0 aliphatic carbocycles. The maximum Gasteiger partial charge on any atom is 0.435 e. The molecule has 1 nitrogen and oxygen atoms in total. The molecule has 0 fully saturated rings. The van der Waals surface area contributed by atoms with Crippen LogP contribution in [0.5, 0.6) is 0 Å². The minimum atomic E-state index is -6.56. The third-order valence-electron chi connectivity index (χ3n) is 2.61. The van der Waals surface area contributed by atoms with Crippen LogP contribution < -0.4 is 5.73 Å². The molecule has 0 spiro atoms. The second-order valence-electron chi connectivity index (χ2n) is 4.07. The smallest absolute Gasteiger partial charge is 0.397 e. The van der Waals surface area contributed by atoms with E-state index in [1.165, 1.54) is 0 Å². The van der Waals surface area contributed by atoms with E-state index in [1.807, 2.05) is 0 Å². The Morgan fingerprint density at radius 2 is 1.18 bits per heavy atom. The van der Waals surface area contributed by atoms with Crippen LogP contribution in [-0.4, -0.2) is 12.4 Å². The largest absolute Gasteiger partial charge is 0.435 e. The van der Waals surface area contributed by atoms with E-state index in [9.17, 15) is 43.9 Å². The number of nitrogens with two attached hydrogens (primary N) is 1. The monoisotopic (exact) mass is 363 g/mol. The molecular formula is C10H4ClF10N. The van der Waals surface area contributed by atoms with Crippen LogP contribution in [0.25, 0.3) is 0 Å². The predicted molar refractivity (Wildman–Crippen MR) is 55.8 cm³/mol. The number of anilines is 1. The Balaban J connectivity index is 3.78. The number of hydrogen-bond acceptors (Lipinski definition) is 1. The molecule has 22 heavy (non-hydrogen) atoms. The van der Waals surface area contributed by atoms with Gasteiger partial charge in [-0.2, -0.15) is 39.5 Å². The van der Waals surface area contributed by atoms with Gasteiger partial charge in [-0.3, -0.25) is 0 Å². The van der Waals surface area contributed by atoms with Crippen molar-refractivity contribution in [2.75, 3.05) is 5.73 Å². The second-order valence-corrected chi connectivity index (χ2v) is 4.48. The first-order valence-corrected chi connectivity index (χ1v) is 5.40. The number of nitrogen functional groups attached to an aromatic ring is 1. The van der Waals surface area contributed by atoms with Gasteiger partial charge < -0.3 is 5.73 Å². The molecule has 0 heterocycles. The zero-order valence-corrected chi connectivity index (χ0v) is 10.6. The molecule has 1 aromatic rings. The van der Waals surface area contributed by atoms with Gasteiger partial charge in [-0.25, -0.2) is 4.39 Å². The summed E-state index contributed by atoms with van der Waals surface area (Å²) in [5, 5.41) is -1.29. The van der Waals surface area contributed by atoms with Crippen LogP contribution in [0.3, 0.4) is 0 Å². The van der Waals surface area contributed by atoms with Crippen molar-refractivity contribution in [2.24, 2.45) is 0 Å². The van der Waals surface area contributed by atoms with Gasteiger partial charge >= 0.3 is 24.2 Å². The second kappa shape index (κ2) is 5.07. The molecule has 0 saturated carbocycles. The lowest BCUT2D eigenvalue weighted by Crippen LogP contribution is -2.50. The first-order chi connectivity index (χ1) is 9.53. The van der Waals surface area contributed by atoms with Crippen molar-refractivity contribution in [1.29, 1.82) is 0 Å². The van der Waals surface area contributed by atoms with Gasteiger partial charge in [-0.15, -0.1) is 0 Å². The first kappa shape index (κ1) is 18.7.